The lowest BCUT2D eigenvalue weighted by Gasteiger charge is -2.08. The van der Waals surface area contributed by atoms with Crippen molar-refractivity contribution in [1.82, 2.24) is 0 Å². The zero-order valence-corrected chi connectivity index (χ0v) is 16.3. The highest BCUT2D eigenvalue weighted by atomic mass is 16.6. The van der Waals surface area contributed by atoms with Crippen LogP contribution in [0, 0.1) is 0 Å². The number of rotatable bonds is 20. The highest BCUT2D eigenvalue weighted by Gasteiger charge is 1.99. The number of hydrogen-bond donors (Lipinski definition) is 0. The van der Waals surface area contributed by atoms with E-state index in [1.807, 2.05) is 0 Å². The lowest BCUT2D eigenvalue weighted by atomic mass is 10.6. The molecule has 0 rings (SSSR count). The van der Waals surface area contributed by atoms with E-state index in [9.17, 15) is 9.59 Å². The van der Waals surface area contributed by atoms with Crippen LogP contribution in [0.25, 0.3) is 0 Å². The van der Waals surface area contributed by atoms with Crippen LogP contribution in [0.3, 0.4) is 0 Å². The molecular weight excluding hydrogens is 364 g/mol. The Labute approximate surface area is 160 Å². The molecule has 0 spiro atoms. The van der Waals surface area contributed by atoms with Crippen LogP contribution in [0.4, 0.5) is 0 Å². The number of carbonyl (C=O) groups is 2. The second-order valence-corrected chi connectivity index (χ2v) is 5.03. The van der Waals surface area contributed by atoms with Gasteiger partial charge in [-0.15, -0.1) is 0 Å². The van der Waals surface area contributed by atoms with E-state index >= 15 is 0 Å². The minimum atomic E-state index is -0.409. The Bertz CT molecular complexity index is 351. The number of carbonyl (C=O) groups excluding carboxylic acids is 2. The second-order valence-electron chi connectivity index (χ2n) is 5.03. The van der Waals surface area contributed by atoms with Gasteiger partial charge in [0.2, 0.25) is 0 Å². The van der Waals surface area contributed by atoms with Crippen LogP contribution in [-0.2, 0) is 47.5 Å². The van der Waals surface area contributed by atoms with Crippen LogP contribution in [0.5, 0.6) is 0 Å². The molecule has 27 heavy (non-hydrogen) atoms. The molecule has 0 heterocycles. The molecule has 0 amide bonds. The molecule has 10 heteroatoms. The standard InChI is InChI=1S/C17H32O10/c1-16(18)27-14-13-25-10-9-23-6-5-21-3-4-22-7-8-24-11-12-26-15-17(19)20-2/h3-15H2,1-2H3. The first kappa shape index (κ1) is 25.7. The molecule has 0 N–H and O–H groups in total. The van der Waals surface area contributed by atoms with Gasteiger partial charge in [0.15, 0.2) is 0 Å². The number of esters is 2. The minimum Gasteiger partial charge on any atom is -0.467 e. The first-order valence-electron chi connectivity index (χ1n) is 8.83. The van der Waals surface area contributed by atoms with Gasteiger partial charge in [-0.05, 0) is 0 Å². The van der Waals surface area contributed by atoms with Crippen LogP contribution >= 0.6 is 0 Å². The Balaban J connectivity index is 3.03. The third kappa shape index (κ3) is 22.7. The van der Waals surface area contributed by atoms with E-state index in [1.54, 1.807) is 0 Å². The number of methoxy groups -OCH3 is 1. The zero-order chi connectivity index (χ0) is 20.0. The van der Waals surface area contributed by atoms with Crippen molar-refractivity contribution in [3.8, 4) is 0 Å². The Hall–Kier alpha value is -1.30. The fourth-order valence-corrected chi connectivity index (χ4v) is 1.56. The molecule has 0 aromatic rings. The topological polar surface area (TPSA) is 108 Å². The molecule has 0 atom stereocenters. The van der Waals surface area contributed by atoms with E-state index in [-0.39, 0.29) is 19.2 Å². The average molecular weight is 396 g/mol. The molecule has 0 fully saturated rings. The van der Waals surface area contributed by atoms with Crippen LogP contribution in [-0.4, -0.2) is 105 Å². The summed E-state index contributed by atoms with van der Waals surface area (Å²) in [7, 11) is 1.31. The maximum Gasteiger partial charge on any atom is 0.331 e. The summed E-state index contributed by atoms with van der Waals surface area (Å²) in [6.45, 7) is 6.34. The quantitative estimate of drug-likeness (QED) is 0.203. The highest BCUT2D eigenvalue weighted by Crippen LogP contribution is 1.85. The van der Waals surface area contributed by atoms with Gasteiger partial charge in [0, 0.05) is 6.92 Å². The van der Waals surface area contributed by atoms with Crippen molar-refractivity contribution in [2.75, 3.05) is 93.0 Å². The van der Waals surface area contributed by atoms with Gasteiger partial charge < -0.3 is 37.9 Å². The maximum absolute atomic E-state index is 10.8. The summed E-state index contributed by atoms with van der Waals surface area (Å²) in [5.41, 5.74) is 0. The van der Waals surface area contributed by atoms with Gasteiger partial charge in [0.25, 0.3) is 0 Å². The van der Waals surface area contributed by atoms with Crippen LogP contribution < -0.4 is 0 Å². The second kappa shape index (κ2) is 21.0. The Morgan fingerprint density at radius 3 is 1.22 bits per heavy atom. The molecule has 0 aromatic heterocycles. The van der Waals surface area contributed by atoms with Gasteiger partial charge in [0.05, 0.1) is 79.8 Å². The minimum absolute atomic E-state index is 0.0689. The van der Waals surface area contributed by atoms with Crippen LogP contribution in [0.2, 0.25) is 0 Å². The fraction of sp³-hybridized carbons (Fsp3) is 0.882. The molecule has 0 aliphatic carbocycles. The van der Waals surface area contributed by atoms with Gasteiger partial charge in [0.1, 0.15) is 13.2 Å². The van der Waals surface area contributed by atoms with Gasteiger partial charge in [-0.1, -0.05) is 0 Å². The highest BCUT2D eigenvalue weighted by molar-refractivity contribution is 5.70. The van der Waals surface area contributed by atoms with Crippen molar-refractivity contribution >= 4 is 11.9 Å². The van der Waals surface area contributed by atoms with E-state index < -0.39 is 5.97 Å². The summed E-state index contributed by atoms with van der Waals surface area (Å²) >= 11 is 0. The van der Waals surface area contributed by atoms with Gasteiger partial charge >= 0.3 is 11.9 Å². The van der Waals surface area contributed by atoms with Crippen LogP contribution in [0.1, 0.15) is 6.92 Å². The summed E-state index contributed by atoms with van der Waals surface area (Å²) in [5.74, 6) is -0.723. The zero-order valence-electron chi connectivity index (χ0n) is 16.3. The third-order valence-corrected chi connectivity index (χ3v) is 2.84. The predicted molar refractivity (Wildman–Crippen MR) is 93.6 cm³/mol. The van der Waals surface area contributed by atoms with E-state index in [2.05, 4.69) is 4.74 Å². The number of ether oxygens (including phenoxy) is 8. The predicted octanol–water partition coefficient (Wildman–Crippen LogP) is -0.178. The van der Waals surface area contributed by atoms with Crippen LogP contribution in [0.15, 0.2) is 0 Å². The first-order valence-corrected chi connectivity index (χ1v) is 8.83. The summed E-state index contributed by atoms with van der Waals surface area (Å²) in [4.78, 5) is 21.3. The lowest BCUT2D eigenvalue weighted by Crippen LogP contribution is -2.16. The molecule has 160 valence electrons. The Morgan fingerprint density at radius 2 is 0.889 bits per heavy atom. The fourth-order valence-electron chi connectivity index (χ4n) is 1.56. The third-order valence-electron chi connectivity index (χ3n) is 2.84. The number of hydrogen-bond acceptors (Lipinski definition) is 10. The van der Waals surface area contributed by atoms with Crippen molar-refractivity contribution in [1.29, 1.82) is 0 Å². The molecule has 0 radical (unpaired) electrons. The maximum atomic E-state index is 10.8. The summed E-state index contributed by atoms with van der Waals surface area (Å²) in [6.07, 6.45) is 0. The van der Waals surface area contributed by atoms with E-state index in [0.29, 0.717) is 72.7 Å². The molecule has 0 aromatic carbocycles. The van der Waals surface area contributed by atoms with Crippen molar-refractivity contribution < 1.29 is 47.5 Å². The van der Waals surface area contributed by atoms with E-state index in [1.165, 1.54) is 14.0 Å². The Kier molecular flexibility index (Phi) is 20.0. The van der Waals surface area contributed by atoms with Gasteiger partial charge in [-0.2, -0.15) is 0 Å². The van der Waals surface area contributed by atoms with Crippen molar-refractivity contribution in [3.05, 3.63) is 0 Å². The molecule has 0 aliphatic rings. The molecule has 0 saturated heterocycles. The largest absolute Gasteiger partial charge is 0.467 e. The molecule has 0 saturated carbocycles. The first-order chi connectivity index (χ1) is 13.2. The summed E-state index contributed by atoms with van der Waals surface area (Å²) in [5, 5.41) is 0. The smallest absolute Gasteiger partial charge is 0.331 e. The molecule has 10 nitrogen and oxygen atoms in total. The van der Waals surface area contributed by atoms with Crippen molar-refractivity contribution in [2.45, 2.75) is 6.92 Å². The molecular formula is C17H32O10. The summed E-state index contributed by atoms with van der Waals surface area (Å²) in [6, 6.07) is 0. The normalized spacial score (nSPS) is 10.7. The Morgan fingerprint density at radius 1 is 0.556 bits per heavy atom. The molecule has 0 aliphatic heterocycles. The lowest BCUT2D eigenvalue weighted by molar-refractivity contribution is -0.146. The average Bonchev–Trinajstić information content (AvgIpc) is 2.65. The monoisotopic (exact) mass is 396 g/mol. The van der Waals surface area contributed by atoms with Gasteiger partial charge in [-0.25, -0.2) is 4.79 Å². The van der Waals surface area contributed by atoms with Crippen molar-refractivity contribution in [3.63, 3.8) is 0 Å². The SMILES string of the molecule is COC(=O)COCCOCCOCCOCCOCCOCCOC(C)=O. The summed E-state index contributed by atoms with van der Waals surface area (Å²) < 4.78 is 40.6. The molecule has 0 unspecified atom stereocenters. The van der Waals surface area contributed by atoms with Crippen molar-refractivity contribution in [2.24, 2.45) is 0 Å². The van der Waals surface area contributed by atoms with E-state index in [0.717, 1.165) is 0 Å². The molecule has 0 bridgehead atoms. The van der Waals surface area contributed by atoms with E-state index in [4.69, 9.17) is 33.2 Å². The van der Waals surface area contributed by atoms with Gasteiger partial charge in [-0.3, -0.25) is 4.79 Å².